The third-order valence-corrected chi connectivity index (χ3v) is 7.51. The van der Waals surface area contributed by atoms with Crippen LogP contribution in [0.15, 0.2) is 48.7 Å². The van der Waals surface area contributed by atoms with Crippen LogP contribution in [0.25, 0.3) is 21.7 Å². The van der Waals surface area contributed by atoms with Crippen LogP contribution in [0.1, 0.15) is 5.56 Å². The molecular formula is C28H30Cl2N4O2. The Labute approximate surface area is 221 Å². The van der Waals surface area contributed by atoms with Crippen molar-refractivity contribution in [1.82, 2.24) is 14.8 Å². The fraction of sp³-hybridized carbons (Fsp3) is 0.321. The second kappa shape index (κ2) is 10.7. The lowest BCUT2D eigenvalue weighted by atomic mass is 10.0. The minimum Gasteiger partial charge on any atom is -0.496 e. The second-order valence-electron chi connectivity index (χ2n) is 9.23. The van der Waals surface area contributed by atoms with E-state index in [1.807, 2.05) is 6.07 Å². The maximum Gasteiger partial charge on any atom is 0.139 e. The molecule has 0 bridgehead atoms. The SMILES string of the molecule is COc1cc(Nc2ccnc3cc4cc(CCN5CCN(C)CC5)c(OC)cc4cc23)c(Cl)cc1Cl. The molecule has 0 unspecified atom stereocenters. The number of rotatable bonds is 7. The average Bonchev–Trinajstić information content (AvgIpc) is 2.88. The standard InChI is InChI=1S/C28H30Cl2N4O2/c1-33-8-10-34(11-9-33)7-5-18-12-19-14-25-21(13-20(19)15-27(18)35-2)24(4-6-31-25)32-26-17-28(36-3)23(30)16-22(26)29/h4,6,12-17H,5,7-11H2,1-3H3,(H,31,32). The number of benzene rings is 3. The maximum atomic E-state index is 6.46. The van der Waals surface area contributed by atoms with Crippen LogP contribution in [0.4, 0.5) is 11.4 Å². The summed E-state index contributed by atoms with van der Waals surface area (Å²) in [6.45, 7) is 5.50. The van der Waals surface area contributed by atoms with Crippen LogP contribution in [0.3, 0.4) is 0 Å². The van der Waals surface area contributed by atoms with Crippen molar-refractivity contribution in [2.45, 2.75) is 6.42 Å². The summed E-state index contributed by atoms with van der Waals surface area (Å²) in [5.74, 6) is 1.47. The molecule has 5 rings (SSSR count). The quantitative estimate of drug-likeness (QED) is 0.288. The molecule has 36 heavy (non-hydrogen) atoms. The van der Waals surface area contributed by atoms with Gasteiger partial charge < -0.3 is 24.6 Å². The summed E-state index contributed by atoms with van der Waals surface area (Å²) in [6.07, 6.45) is 2.75. The Morgan fingerprint density at radius 3 is 2.36 bits per heavy atom. The number of methoxy groups -OCH3 is 2. The van der Waals surface area contributed by atoms with E-state index >= 15 is 0 Å². The topological polar surface area (TPSA) is 49.9 Å². The van der Waals surface area contributed by atoms with Gasteiger partial charge in [-0.05, 0) is 66.2 Å². The lowest BCUT2D eigenvalue weighted by Gasteiger charge is -2.32. The van der Waals surface area contributed by atoms with Crippen molar-refractivity contribution in [3.05, 3.63) is 64.3 Å². The highest BCUT2D eigenvalue weighted by Crippen LogP contribution is 2.38. The fourth-order valence-corrected chi connectivity index (χ4v) is 5.25. The van der Waals surface area contributed by atoms with Gasteiger partial charge in [0.05, 0.1) is 35.5 Å². The summed E-state index contributed by atoms with van der Waals surface area (Å²) in [5.41, 5.74) is 3.73. The molecule has 0 spiro atoms. The maximum absolute atomic E-state index is 6.46. The molecule has 6 nitrogen and oxygen atoms in total. The molecule has 8 heteroatoms. The Bertz CT molecular complexity index is 1400. The van der Waals surface area contributed by atoms with Crippen molar-refractivity contribution in [1.29, 1.82) is 0 Å². The average molecular weight is 525 g/mol. The van der Waals surface area contributed by atoms with Gasteiger partial charge in [0, 0.05) is 56.1 Å². The minimum atomic E-state index is 0.467. The first-order valence-corrected chi connectivity index (χ1v) is 12.8. The van der Waals surface area contributed by atoms with Crippen LogP contribution in [0, 0.1) is 0 Å². The van der Waals surface area contributed by atoms with Gasteiger partial charge in [0.2, 0.25) is 0 Å². The van der Waals surface area contributed by atoms with Gasteiger partial charge in [-0.15, -0.1) is 0 Å². The zero-order chi connectivity index (χ0) is 25.2. The van der Waals surface area contributed by atoms with Crippen molar-refractivity contribution < 1.29 is 9.47 Å². The summed E-state index contributed by atoms with van der Waals surface area (Å²) < 4.78 is 11.2. The second-order valence-corrected chi connectivity index (χ2v) is 10.0. The molecule has 1 aromatic heterocycles. The molecule has 0 amide bonds. The summed E-state index contributed by atoms with van der Waals surface area (Å²) in [5, 5.41) is 7.64. The highest BCUT2D eigenvalue weighted by Gasteiger charge is 2.16. The molecule has 0 saturated carbocycles. The van der Waals surface area contributed by atoms with Gasteiger partial charge in [-0.1, -0.05) is 23.2 Å². The van der Waals surface area contributed by atoms with E-state index in [4.69, 9.17) is 32.7 Å². The zero-order valence-electron chi connectivity index (χ0n) is 20.8. The number of anilines is 2. The van der Waals surface area contributed by atoms with Crippen molar-refractivity contribution in [2.24, 2.45) is 0 Å². The van der Waals surface area contributed by atoms with Gasteiger partial charge in [-0.3, -0.25) is 4.98 Å². The Kier molecular flexibility index (Phi) is 7.39. The molecule has 0 atom stereocenters. The van der Waals surface area contributed by atoms with E-state index in [-0.39, 0.29) is 0 Å². The third kappa shape index (κ3) is 5.18. The molecular weight excluding hydrogens is 495 g/mol. The molecule has 1 aliphatic heterocycles. The first-order chi connectivity index (χ1) is 17.4. The molecule has 0 radical (unpaired) electrons. The lowest BCUT2D eigenvalue weighted by Crippen LogP contribution is -2.45. The van der Waals surface area contributed by atoms with Crippen molar-refractivity contribution >= 4 is 56.3 Å². The molecule has 2 heterocycles. The number of piperazine rings is 1. The van der Waals surface area contributed by atoms with Gasteiger partial charge in [0.1, 0.15) is 11.5 Å². The molecule has 0 aliphatic carbocycles. The fourth-order valence-electron chi connectivity index (χ4n) is 4.74. The summed E-state index contributed by atoms with van der Waals surface area (Å²) >= 11 is 12.7. The van der Waals surface area contributed by atoms with Crippen LogP contribution in [-0.2, 0) is 6.42 Å². The van der Waals surface area contributed by atoms with Crippen molar-refractivity contribution in [3.63, 3.8) is 0 Å². The molecule has 188 valence electrons. The Hall–Kier alpha value is -2.77. The highest BCUT2D eigenvalue weighted by atomic mass is 35.5. The number of nitrogens with zero attached hydrogens (tertiary/aromatic N) is 3. The van der Waals surface area contributed by atoms with E-state index in [0.29, 0.717) is 21.5 Å². The summed E-state index contributed by atoms with van der Waals surface area (Å²) in [4.78, 5) is 9.55. The number of hydrogen-bond acceptors (Lipinski definition) is 6. The van der Waals surface area contributed by atoms with E-state index in [2.05, 4.69) is 51.4 Å². The number of likely N-dealkylation sites (N-methyl/N-ethyl adjacent to an activating group) is 1. The number of ether oxygens (including phenoxy) is 2. The van der Waals surface area contributed by atoms with Crippen LogP contribution in [-0.4, -0.2) is 68.8 Å². The van der Waals surface area contributed by atoms with E-state index < -0.39 is 0 Å². The molecule has 1 aliphatic rings. The lowest BCUT2D eigenvalue weighted by molar-refractivity contribution is 0.155. The molecule has 3 aromatic carbocycles. The number of hydrogen-bond donors (Lipinski definition) is 1. The zero-order valence-corrected chi connectivity index (χ0v) is 22.3. The predicted molar refractivity (Wildman–Crippen MR) is 150 cm³/mol. The van der Waals surface area contributed by atoms with E-state index in [1.54, 1.807) is 32.5 Å². The van der Waals surface area contributed by atoms with Gasteiger partial charge in [0.25, 0.3) is 0 Å². The van der Waals surface area contributed by atoms with Crippen LogP contribution in [0.2, 0.25) is 10.0 Å². The van der Waals surface area contributed by atoms with Crippen molar-refractivity contribution in [3.8, 4) is 11.5 Å². The van der Waals surface area contributed by atoms with E-state index in [0.717, 1.165) is 72.3 Å². The van der Waals surface area contributed by atoms with E-state index in [1.165, 1.54) is 5.56 Å². The summed E-state index contributed by atoms with van der Waals surface area (Å²) in [6, 6.07) is 14.1. The number of fused-ring (bicyclic) bond motifs is 2. The number of nitrogens with one attached hydrogen (secondary N) is 1. The van der Waals surface area contributed by atoms with Gasteiger partial charge >= 0.3 is 0 Å². The Morgan fingerprint density at radius 1 is 0.861 bits per heavy atom. The normalized spacial score (nSPS) is 14.9. The highest BCUT2D eigenvalue weighted by molar-refractivity contribution is 6.37. The minimum absolute atomic E-state index is 0.467. The Morgan fingerprint density at radius 2 is 1.61 bits per heavy atom. The van der Waals surface area contributed by atoms with E-state index in [9.17, 15) is 0 Å². The molecule has 1 N–H and O–H groups in total. The number of halogens is 2. The van der Waals surface area contributed by atoms with Crippen LogP contribution in [0.5, 0.6) is 11.5 Å². The number of pyridine rings is 1. The monoisotopic (exact) mass is 524 g/mol. The first-order valence-electron chi connectivity index (χ1n) is 12.1. The molecule has 1 fully saturated rings. The predicted octanol–water partition coefficient (Wildman–Crippen LogP) is 6.25. The number of aromatic nitrogens is 1. The van der Waals surface area contributed by atoms with Gasteiger partial charge in [-0.2, -0.15) is 0 Å². The Balaban J connectivity index is 1.47. The smallest absolute Gasteiger partial charge is 0.139 e. The largest absolute Gasteiger partial charge is 0.496 e. The van der Waals surface area contributed by atoms with Crippen LogP contribution < -0.4 is 14.8 Å². The van der Waals surface area contributed by atoms with Crippen molar-refractivity contribution in [2.75, 3.05) is 59.3 Å². The molecule has 4 aromatic rings. The molecule has 1 saturated heterocycles. The first kappa shape index (κ1) is 24.9. The third-order valence-electron chi connectivity index (χ3n) is 6.90. The van der Waals surface area contributed by atoms with Crippen LogP contribution >= 0.6 is 23.2 Å². The summed E-state index contributed by atoms with van der Waals surface area (Å²) in [7, 11) is 5.51. The van der Waals surface area contributed by atoms with Gasteiger partial charge in [0.15, 0.2) is 0 Å². The van der Waals surface area contributed by atoms with Gasteiger partial charge in [-0.25, -0.2) is 0 Å².